The second-order valence-electron chi connectivity index (χ2n) is 6.61. The summed E-state index contributed by atoms with van der Waals surface area (Å²) in [6.45, 7) is 2.45. The number of benzene rings is 1. The van der Waals surface area contributed by atoms with Gasteiger partial charge in [0, 0.05) is 37.0 Å². The molecule has 0 radical (unpaired) electrons. The van der Waals surface area contributed by atoms with Gasteiger partial charge in [-0.15, -0.1) is 0 Å². The van der Waals surface area contributed by atoms with Gasteiger partial charge < -0.3 is 10.6 Å². The first-order chi connectivity index (χ1) is 14.4. The van der Waals surface area contributed by atoms with E-state index in [2.05, 4.69) is 10.6 Å². The van der Waals surface area contributed by atoms with Crippen molar-refractivity contribution >= 4 is 52.1 Å². The lowest BCUT2D eigenvalue weighted by Crippen LogP contribution is -2.38. The molecule has 7 nitrogen and oxygen atoms in total. The number of rotatable bonds is 8. The van der Waals surface area contributed by atoms with E-state index in [0.29, 0.717) is 10.5 Å². The largest absolute Gasteiger partial charge is 0.354 e. The van der Waals surface area contributed by atoms with E-state index >= 15 is 0 Å². The van der Waals surface area contributed by atoms with E-state index < -0.39 is 0 Å². The molecule has 0 bridgehead atoms. The quantitative estimate of drug-likeness (QED) is 0.612. The summed E-state index contributed by atoms with van der Waals surface area (Å²) >= 11 is 2.32. The first-order valence-corrected chi connectivity index (χ1v) is 11.1. The minimum Gasteiger partial charge on any atom is -0.354 e. The number of hydrogen-bond donors (Lipinski definition) is 2. The summed E-state index contributed by atoms with van der Waals surface area (Å²) in [6, 6.07) is 9.37. The second kappa shape index (κ2) is 10.2. The number of amides is 4. The predicted molar refractivity (Wildman–Crippen MR) is 118 cm³/mol. The summed E-state index contributed by atoms with van der Waals surface area (Å²) in [4.78, 5) is 49.8. The van der Waals surface area contributed by atoms with Gasteiger partial charge >= 0.3 is 0 Å². The van der Waals surface area contributed by atoms with Gasteiger partial charge in [0.1, 0.15) is 0 Å². The van der Waals surface area contributed by atoms with Crippen LogP contribution in [0.3, 0.4) is 0 Å². The summed E-state index contributed by atoms with van der Waals surface area (Å²) in [5.74, 6) is -0.840. The topological polar surface area (TPSA) is 95.6 Å². The molecule has 1 aromatic heterocycles. The molecule has 30 heavy (non-hydrogen) atoms. The van der Waals surface area contributed by atoms with Crippen molar-refractivity contribution in [1.29, 1.82) is 0 Å². The van der Waals surface area contributed by atoms with E-state index in [0.717, 1.165) is 27.8 Å². The number of aryl methyl sites for hydroxylation is 1. The predicted octanol–water partition coefficient (Wildman–Crippen LogP) is 3.03. The molecule has 0 spiro atoms. The Morgan fingerprint density at radius 3 is 2.53 bits per heavy atom. The molecule has 1 fully saturated rings. The fraction of sp³-hybridized carbons (Fsp3) is 0.238. The first-order valence-electron chi connectivity index (χ1n) is 9.33. The standard InChI is InChI=1S/C21H21N3O4S2/c1-14-2-4-15(5-3-14)12-17-20(27)24(21(28)30-17)10-9-22-18(25)6-8-23-19(26)16-7-11-29-13-16/h2-5,7,11-13H,6,8-10H2,1H3,(H,22,25)(H,23,26)/b17-12+. The van der Waals surface area contributed by atoms with E-state index in [-0.39, 0.29) is 49.0 Å². The van der Waals surface area contributed by atoms with E-state index in [1.165, 1.54) is 11.3 Å². The molecule has 0 aliphatic carbocycles. The third kappa shape index (κ3) is 5.80. The molecule has 9 heteroatoms. The van der Waals surface area contributed by atoms with Crippen molar-refractivity contribution in [1.82, 2.24) is 15.5 Å². The molecule has 4 amide bonds. The van der Waals surface area contributed by atoms with Gasteiger partial charge in [0.05, 0.1) is 4.91 Å². The second-order valence-corrected chi connectivity index (χ2v) is 8.39. The van der Waals surface area contributed by atoms with Crippen molar-refractivity contribution in [2.24, 2.45) is 0 Å². The molecular formula is C21H21N3O4S2. The highest BCUT2D eigenvalue weighted by atomic mass is 32.2. The Balaban J connectivity index is 1.41. The molecule has 1 aromatic carbocycles. The Bertz CT molecular complexity index is 969. The molecule has 1 aliphatic rings. The Kier molecular flexibility index (Phi) is 7.42. The minimum atomic E-state index is -0.358. The fourth-order valence-corrected chi connectivity index (χ4v) is 4.19. The van der Waals surface area contributed by atoms with E-state index in [9.17, 15) is 19.2 Å². The van der Waals surface area contributed by atoms with E-state index in [4.69, 9.17) is 0 Å². The van der Waals surface area contributed by atoms with Gasteiger partial charge in [-0.3, -0.25) is 24.1 Å². The van der Waals surface area contributed by atoms with E-state index in [1.54, 1.807) is 17.5 Å². The lowest BCUT2D eigenvalue weighted by atomic mass is 10.1. The monoisotopic (exact) mass is 443 g/mol. The molecule has 1 aliphatic heterocycles. The van der Waals surface area contributed by atoms with Crippen LogP contribution in [0.5, 0.6) is 0 Å². The molecule has 3 rings (SSSR count). The Morgan fingerprint density at radius 2 is 1.83 bits per heavy atom. The molecular weight excluding hydrogens is 422 g/mol. The van der Waals surface area contributed by atoms with Crippen LogP contribution in [0.2, 0.25) is 0 Å². The van der Waals surface area contributed by atoms with Gasteiger partial charge in [-0.25, -0.2) is 0 Å². The normalized spacial score (nSPS) is 15.0. The number of carbonyl (C=O) groups is 4. The van der Waals surface area contributed by atoms with Crippen LogP contribution >= 0.6 is 23.1 Å². The molecule has 0 saturated carbocycles. The molecule has 156 valence electrons. The maximum Gasteiger partial charge on any atom is 0.293 e. The van der Waals surface area contributed by atoms with Crippen LogP contribution in [0.4, 0.5) is 4.79 Å². The number of hydrogen-bond acceptors (Lipinski definition) is 6. The van der Waals surface area contributed by atoms with Gasteiger partial charge in [0.15, 0.2) is 0 Å². The molecule has 2 heterocycles. The van der Waals surface area contributed by atoms with Crippen LogP contribution < -0.4 is 10.6 Å². The van der Waals surface area contributed by atoms with Crippen molar-refractivity contribution in [3.63, 3.8) is 0 Å². The summed E-state index contributed by atoms with van der Waals surface area (Å²) in [5, 5.41) is 8.53. The molecule has 2 aromatic rings. The lowest BCUT2D eigenvalue weighted by Gasteiger charge is -2.13. The molecule has 0 unspecified atom stereocenters. The Hall–Kier alpha value is -2.91. The maximum absolute atomic E-state index is 12.5. The van der Waals surface area contributed by atoms with Gasteiger partial charge in [0.25, 0.3) is 17.1 Å². The fourth-order valence-electron chi connectivity index (χ4n) is 2.69. The van der Waals surface area contributed by atoms with Crippen LogP contribution in [0.15, 0.2) is 46.0 Å². The third-order valence-electron chi connectivity index (χ3n) is 4.33. The highest BCUT2D eigenvalue weighted by Crippen LogP contribution is 2.31. The van der Waals surface area contributed by atoms with Crippen LogP contribution in [0.25, 0.3) is 6.08 Å². The number of carbonyl (C=O) groups excluding carboxylic acids is 4. The average molecular weight is 444 g/mol. The van der Waals surface area contributed by atoms with Gasteiger partial charge in [-0.05, 0) is 41.8 Å². The number of nitrogens with one attached hydrogen (secondary N) is 2. The number of nitrogens with zero attached hydrogens (tertiary/aromatic N) is 1. The van der Waals surface area contributed by atoms with Crippen LogP contribution in [0, 0.1) is 6.92 Å². The zero-order valence-corrected chi connectivity index (χ0v) is 18.0. The van der Waals surface area contributed by atoms with Crippen molar-refractivity contribution in [2.45, 2.75) is 13.3 Å². The summed E-state index contributed by atoms with van der Waals surface area (Å²) < 4.78 is 0. The first kappa shape index (κ1) is 21.8. The van der Waals surface area contributed by atoms with Crippen molar-refractivity contribution in [2.75, 3.05) is 19.6 Å². The maximum atomic E-state index is 12.5. The van der Waals surface area contributed by atoms with E-state index in [1.807, 2.05) is 36.6 Å². The van der Waals surface area contributed by atoms with Gasteiger partial charge in [0.2, 0.25) is 5.91 Å². The Labute approximate surface area is 182 Å². The summed E-state index contributed by atoms with van der Waals surface area (Å²) in [6.07, 6.45) is 1.81. The average Bonchev–Trinajstić information content (AvgIpc) is 3.34. The number of imide groups is 1. The summed E-state index contributed by atoms with van der Waals surface area (Å²) in [5.41, 5.74) is 2.53. The van der Waals surface area contributed by atoms with Crippen LogP contribution in [-0.4, -0.2) is 47.5 Å². The van der Waals surface area contributed by atoms with Gasteiger partial charge in [-0.2, -0.15) is 11.3 Å². The van der Waals surface area contributed by atoms with Crippen LogP contribution in [-0.2, 0) is 9.59 Å². The molecule has 0 atom stereocenters. The van der Waals surface area contributed by atoms with Gasteiger partial charge in [-0.1, -0.05) is 29.8 Å². The van der Waals surface area contributed by atoms with Crippen LogP contribution in [0.1, 0.15) is 27.9 Å². The summed E-state index contributed by atoms with van der Waals surface area (Å²) in [7, 11) is 0. The highest BCUT2D eigenvalue weighted by Gasteiger charge is 2.34. The third-order valence-corrected chi connectivity index (χ3v) is 5.92. The zero-order chi connectivity index (χ0) is 21.5. The molecule has 2 N–H and O–H groups in total. The van der Waals surface area contributed by atoms with Crippen molar-refractivity contribution in [3.05, 3.63) is 62.7 Å². The van der Waals surface area contributed by atoms with Crippen molar-refractivity contribution in [3.8, 4) is 0 Å². The molecule has 1 saturated heterocycles. The van der Waals surface area contributed by atoms with Crippen molar-refractivity contribution < 1.29 is 19.2 Å². The lowest BCUT2D eigenvalue weighted by molar-refractivity contribution is -0.124. The minimum absolute atomic E-state index is 0.100. The number of thiophene rings is 1. The SMILES string of the molecule is Cc1ccc(/C=C2/SC(=O)N(CCNC(=O)CCNC(=O)c3ccsc3)C2=O)cc1. The Morgan fingerprint density at radius 1 is 1.07 bits per heavy atom. The zero-order valence-electron chi connectivity index (χ0n) is 16.3. The smallest absolute Gasteiger partial charge is 0.293 e. The number of thioether (sulfide) groups is 1. The highest BCUT2D eigenvalue weighted by molar-refractivity contribution is 8.18.